The summed E-state index contributed by atoms with van der Waals surface area (Å²) in [7, 11) is 0. The van der Waals surface area contributed by atoms with Crippen LogP contribution in [0.5, 0.6) is 0 Å². The zero-order valence-electron chi connectivity index (χ0n) is 16.2. The molecule has 2 aromatic carbocycles. The number of nitrogens with zero attached hydrogens (tertiary/aromatic N) is 1. The molecule has 1 fully saturated rings. The SMILES string of the molecule is Cc1scnc1C1(CNC(=O)c2ccc(F)cc2-c2ccc(Cl)cc2)NC(=O)NC1=O. The highest BCUT2D eigenvalue weighted by Crippen LogP contribution is 2.29. The Bertz CT molecular complexity index is 1200. The van der Waals surface area contributed by atoms with E-state index in [1.807, 2.05) is 0 Å². The molecular weight excluding hydrogens is 443 g/mol. The van der Waals surface area contributed by atoms with Crippen LogP contribution in [0.2, 0.25) is 5.02 Å². The lowest BCUT2D eigenvalue weighted by Gasteiger charge is -2.25. The summed E-state index contributed by atoms with van der Waals surface area (Å²) in [6.07, 6.45) is 0. The second-order valence-corrected chi connectivity index (χ2v) is 8.45. The number of hydrogen-bond acceptors (Lipinski definition) is 5. The molecule has 4 rings (SSSR count). The van der Waals surface area contributed by atoms with E-state index < -0.39 is 29.2 Å². The Hall–Kier alpha value is -3.30. The molecule has 1 unspecified atom stereocenters. The fourth-order valence-corrected chi connectivity index (χ4v) is 4.25. The fourth-order valence-electron chi connectivity index (χ4n) is 3.47. The van der Waals surface area contributed by atoms with Gasteiger partial charge in [0.05, 0.1) is 17.7 Å². The molecule has 0 aliphatic carbocycles. The lowest BCUT2D eigenvalue weighted by molar-refractivity contribution is -0.124. The Morgan fingerprint density at radius 2 is 1.97 bits per heavy atom. The molecule has 0 radical (unpaired) electrons. The maximum absolute atomic E-state index is 13.9. The number of imide groups is 1. The highest BCUT2D eigenvalue weighted by molar-refractivity contribution is 7.09. The number of carbonyl (C=O) groups is 3. The normalized spacial score (nSPS) is 17.9. The van der Waals surface area contributed by atoms with Crippen molar-refractivity contribution in [3.8, 4) is 11.1 Å². The number of urea groups is 1. The summed E-state index contributed by atoms with van der Waals surface area (Å²) in [6.45, 7) is 1.54. The van der Waals surface area contributed by atoms with Crippen molar-refractivity contribution in [1.82, 2.24) is 20.9 Å². The monoisotopic (exact) mass is 458 g/mol. The van der Waals surface area contributed by atoms with Crippen LogP contribution in [0.1, 0.15) is 20.9 Å². The Morgan fingerprint density at radius 3 is 2.58 bits per heavy atom. The Kier molecular flexibility index (Phi) is 5.47. The molecule has 3 N–H and O–H groups in total. The highest BCUT2D eigenvalue weighted by atomic mass is 35.5. The number of benzene rings is 2. The lowest BCUT2D eigenvalue weighted by Crippen LogP contribution is -2.53. The molecule has 2 heterocycles. The van der Waals surface area contributed by atoms with Crippen molar-refractivity contribution < 1.29 is 18.8 Å². The van der Waals surface area contributed by atoms with Gasteiger partial charge in [0.25, 0.3) is 11.8 Å². The lowest BCUT2D eigenvalue weighted by atomic mass is 9.93. The average Bonchev–Trinajstić information content (AvgIpc) is 3.29. The van der Waals surface area contributed by atoms with Crippen molar-refractivity contribution in [3.63, 3.8) is 0 Å². The van der Waals surface area contributed by atoms with Crippen LogP contribution >= 0.6 is 22.9 Å². The molecule has 0 spiro atoms. The van der Waals surface area contributed by atoms with Crippen molar-refractivity contribution in [2.45, 2.75) is 12.5 Å². The van der Waals surface area contributed by atoms with Crippen molar-refractivity contribution in [3.05, 3.63) is 74.9 Å². The topological polar surface area (TPSA) is 100 Å². The first-order chi connectivity index (χ1) is 14.8. The summed E-state index contributed by atoms with van der Waals surface area (Å²) in [5, 5.41) is 7.98. The van der Waals surface area contributed by atoms with Crippen LogP contribution in [0.25, 0.3) is 11.1 Å². The predicted octanol–water partition coefficient (Wildman–Crippen LogP) is 3.38. The van der Waals surface area contributed by atoms with E-state index in [4.69, 9.17) is 11.6 Å². The molecule has 158 valence electrons. The molecule has 3 aromatic rings. The largest absolute Gasteiger partial charge is 0.349 e. The molecule has 1 atom stereocenters. The molecule has 1 aliphatic heterocycles. The van der Waals surface area contributed by atoms with Crippen LogP contribution in [0, 0.1) is 12.7 Å². The number of carbonyl (C=O) groups excluding carboxylic acids is 3. The predicted molar refractivity (Wildman–Crippen MR) is 114 cm³/mol. The Morgan fingerprint density at radius 1 is 1.23 bits per heavy atom. The molecule has 1 aliphatic rings. The number of halogens is 2. The van der Waals surface area contributed by atoms with Gasteiger partial charge in [-0.1, -0.05) is 23.7 Å². The van der Waals surface area contributed by atoms with Crippen LogP contribution in [-0.2, 0) is 10.3 Å². The van der Waals surface area contributed by atoms with Gasteiger partial charge in [0.15, 0.2) is 5.54 Å². The van der Waals surface area contributed by atoms with Gasteiger partial charge in [0.2, 0.25) is 0 Å². The molecule has 0 saturated carbocycles. The van der Waals surface area contributed by atoms with Gasteiger partial charge in [0, 0.05) is 15.5 Å². The zero-order valence-corrected chi connectivity index (χ0v) is 17.7. The molecule has 31 heavy (non-hydrogen) atoms. The van der Waals surface area contributed by atoms with E-state index in [1.165, 1.54) is 29.5 Å². The number of hydrogen-bond donors (Lipinski definition) is 3. The molecule has 0 bridgehead atoms. The summed E-state index contributed by atoms with van der Waals surface area (Å²) in [5.41, 5.74) is 1.57. The number of thiazole rings is 1. The maximum atomic E-state index is 13.9. The van der Waals surface area contributed by atoms with Crippen LogP contribution in [0.3, 0.4) is 0 Å². The van der Waals surface area contributed by atoms with Gasteiger partial charge in [-0.2, -0.15) is 0 Å². The first kappa shape index (κ1) is 21.0. The number of rotatable bonds is 5. The second-order valence-electron chi connectivity index (χ2n) is 6.95. The average molecular weight is 459 g/mol. The third kappa shape index (κ3) is 3.89. The van der Waals surface area contributed by atoms with Crippen LogP contribution in [0.15, 0.2) is 48.0 Å². The number of aryl methyl sites for hydroxylation is 1. The van der Waals surface area contributed by atoms with Gasteiger partial charge < -0.3 is 10.6 Å². The summed E-state index contributed by atoms with van der Waals surface area (Å²) >= 11 is 7.25. The van der Waals surface area contributed by atoms with E-state index in [9.17, 15) is 18.8 Å². The van der Waals surface area contributed by atoms with Gasteiger partial charge in [0.1, 0.15) is 5.82 Å². The quantitative estimate of drug-likeness (QED) is 0.510. The molecule has 7 nitrogen and oxygen atoms in total. The molecule has 10 heteroatoms. The molecular formula is C21H16ClFN4O3S. The summed E-state index contributed by atoms with van der Waals surface area (Å²) < 4.78 is 13.9. The van der Waals surface area contributed by atoms with Crippen molar-refractivity contribution >= 4 is 40.8 Å². The summed E-state index contributed by atoms with van der Waals surface area (Å²) in [4.78, 5) is 42.5. The van der Waals surface area contributed by atoms with E-state index >= 15 is 0 Å². The minimum Gasteiger partial charge on any atom is -0.349 e. The molecule has 1 aromatic heterocycles. The molecule has 1 saturated heterocycles. The van der Waals surface area contributed by atoms with Crippen molar-refractivity contribution in [2.24, 2.45) is 0 Å². The summed E-state index contributed by atoms with van der Waals surface area (Å²) in [6, 6.07) is 9.76. The zero-order chi connectivity index (χ0) is 22.2. The minimum absolute atomic E-state index is 0.207. The van der Waals surface area contributed by atoms with Gasteiger partial charge in [-0.3, -0.25) is 14.9 Å². The summed E-state index contributed by atoms with van der Waals surface area (Å²) in [5.74, 6) is -1.64. The standard InChI is InChI=1S/C21H16ClFN4O3S/c1-11-17(25-10-31-11)21(19(29)26-20(30)27-21)9-24-18(28)15-7-6-14(23)8-16(15)12-2-4-13(22)5-3-12/h2-8,10H,9H2,1H3,(H,24,28)(H2,26,27,29,30). The number of nitrogens with one attached hydrogen (secondary N) is 3. The van der Waals surface area contributed by atoms with E-state index in [0.29, 0.717) is 21.8 Å². The van der Waals surface area contributed by atoms with Gasteiger partial charge in [-0.25, -0.2) is 14.2 Å². The highest BCUT2D eigenvalue weighted by Gasteiger charge is 2.50. The van der Waals surface area contributed by atoms with Crippen LogP contribution in [0.4, 0.5) is 9.18 Å². The smallest absolute Gasteiger partial charge is 0.322 e. The molecule has 4 amide bonds. The third-order valence-corrected chi connectivity index (χ3v) is 6.00. The van der Waals surface area contributed by atoms with Crippen LogP contribution in [-0.4, -0.2) is 29.4 Å². The van der Waals surface area contributed by atoms with E-state index in [2.05, 4.69) is 20.9 Å². The van der Waals surface area contributed by atoms with Gasteiger partial charge in [-0.15, -0.1) is 11.3 Å². The van der Waals surface area contributed by atoms with Crippen molar-refractivity contribution in [1.29, 1.82) is 0 Å². The van der Waals surface area contributed by atoms with Gasteiger partial charge in [-0.05, 0) is 48.4 Å². The second kappa shape index (κ2) is 8.09. The first-order valence-corrected chi connectivity index (χ1v) is 10.4. The van der Waals surface area contributed by atoms with E-state index in [-0.39, 0.29) is 12.1 Å². The third-order valence-electron chi connectivity index (χ3n) is 4.99. The fraction of sp³-hybridized carbons (Fsp3) is 0.143. The Labute approximate surface area is 185 Å². The van der Waals surface area contributed by atoms with Gasteiger partial charge >= 0.3 is 6.03 Å². The van der Waals surface area contributed by atoms with E-state index in [1.54, 1.807) is 36.7 Å². The Balaban J connectivity index is 1.66. The first-order valence-electron chi connectivity index (χ1n) is 9.18. The number of amides is 4. The minimum atomic E-state index is -1.53. The number of aromatic nitrogens is 1. The maximum Gasteiger partial charge on any atom is 0.322 e. The van der Waals surface area contributed by atoms with Crippen molar-refractivity contribution in [2.75, 3.05) is 6.54 Å². The van der Waals surface area contributed by atoms with Crippen LogP contribution < -0.4 is 16.0 Å². The van der Waals surface area contributed by atoms with E-state index in [0.717, 1.165) is 4.88 Å².